The van der Waals surface area contributed by atoms with Gasteiger partial charge in [-0.3, -0.25) is 9.69 Å². The third-order valence-corrected chi connectivity index (χ3v) is 6.30. The number of carbonyl (C=O) groups is 1. The topological polar surface area (TPSA) is 45.2 Å². The van der Waals surface area contributed by atoms with Gasteiger partial charge in [0.25, 0.3) is 0 Å². The number of hydrogen-bond donors (Lipinski definition) is 1. The summed E-state index contributed by atoms with van der Waals surface area (Å²) < 4.78 is 0. The first-order valence-corrected chi connectivity index (χ1v) is 10.1. The maximum atomic E-state index is 12.1. The third-order valence-electron chi connectivity index (χ3n) is 4.37. The number of nitrogens with zero attached hydrogens (tertiary/aromatic N) is 2. The van der Waals surface area contributed by atoms with Crippen molar-refractivity contribution in [2.45, 2.75) is 19.0 Å². The number of carbonyl (C=O) groups excluding carboxylic acids is 1. The van der Waals surface area contributed by atoms with Gasteiger partial charge in [-0.15, -0.1) is 22.7 Å². The molecule has 1 saturated heterocycles. The van der Waals surface area contributed by atoms with Gasteiger partial charge < -0.3 is 5.32 Å². The molecule has 0 bridgehead atoms. The van der Waals surface area contributed by atoms with Crippen LogP contribution < -0.4 is 5.32 Å². The Bertz CT molecular complexity index is 829. The minimum atomic E-state index is 0.0931. The van der Waals surface area contributed by atoms with Gasteiger partial charge in [-0.2, -0.15) is 0 Å². The van der Waals surface area contributed by atoms with Crippen LogP contribution in [-0.4, -0.2) is 28.9 Å². The number of nitrogens with one attached hydrogen (secondary N) is 1. The lowest BCUT2D eigenvalue weighted by Crippen LogP contribution is -2.30. The summed E-state index contributed by atoms with van der Waals surface area (Å²) in [6.45, 7) is 2.28. The third kappa shape index (κ3) is 3.81. The van der Waals surface area contributed by atoms with E-state index in [-0.39, 0.29) is 11.9 Å². The molecule has 0 aliphatic carbocycles. The number of amides is 1. The SMILES string of the molecule is O=C1CC(c2ccccc2)N(Cc2csc(-c3cccs3)n2)CCN1. The molecule has 3 heterocycles. The Morgan fingerprint density at radius 3 is 2.84 bits per heavy atom. The average Bonchev–Trinajstić information content (AvgIpc) is 3.28. The molecule has 4 nitrogen and oxygen atoms in total. The minimum Gasteiger partial charge on any atom is -0.355 e. The van der Waals surface area contributed by atoms with E-state index in [4.69, 9.17) is 4.98 Å². The molecule has 4 rings (SSSR count). The van der Waals surface area contributed by atoms with Crippen molar-refractivity contribution in [1.29, 1.82) is 0 Å². The van der Waals surface area contributed by atoms with E-state index in [1.54, 1.807) is 22.7 Å². The smallest absolute Gasteiger partial charge is 0.221 e. The van der Waals surface area contributed by atoms with Gasteiger partial charge in [0.2, 0.25) is 5.91 Å². The molecule has 1 aromatic carbocycles. The molecule has 1 amide bonds. The lowest BCUT2D eigenvalue weighted by molar-refractivity contribution is -0.121. The molecule has 3 aromatic rings. The molecule has 1 aliphatic heterocycles. The fourth-order valence-electron chi connectivity index (χ4n) is 3.17. The van der Waals surface area contributed by atoms with Crippen LogP contribution in [0, 0.1) is 0 Å². The second-order valence-corrected chi connectivity index (χ2v) is 7.88. The molecule has 25 heavy (non-hydrogen) atoms. The predicted molar refractivity (Wildman–Crippen MR) is 103 cm³/mol. The zero-order chi connectivity index (χ0) is 17.1. The van der Waals surface area contributed by atoms with Crippen molar-refractivity contribution >= 4 is 28.6 Å². The van der Waals surface area contributed by atoms with Crippen molar-refractivity contribution < 1.29 is 4.79 Å². The van der Waals surface area contributed by atoms with E-state index in [1.807, 2.05) is 18.2 Å². The second-order valence-electron chi connectivity index (χ2n) is 6.07. The van der Waals surface area contributed by atoms with Crippen LogP contribution in [0.15, 0.2) is 53.2 Å². The molecule has 0 spiro atoms. The van der Waals surface area contributed by atoms with Crippen LogP contribution in [-0.2, 0) is 11.3 Å². The fourth-order valence-corrected chi connectivity index (χ4v) is 4.79. The highest BCUT2D eigenvalue weighted by atomic mass is 32.1. The molecule has 128 valence electrons. The normalized spacial score (nSPS) is 18.7. The van der Waals surface area contributed by atoms with E-state index >= 15 is 0 Å². The predicted octanol–water partition coefficient (Wildman–Crippen LogP) is 3.93. The largest absolute Gasteiger partial charge is 0.355 e. The average molecular weight is 370 g/mol. The molecule has 1 unspecified atom stereocenters. The molecular weight excluding hydrogens is 350 g/mol. The van der Waals surface area contributed by atoms with E-state index in [0.29, 0.717) is 13.0 Å². The van der Waals surface area contributed by atoms with Crippen molar-refractivity contribution in [2.24, 2.45) is 0 Å². The molecule has 1 atom stereocenters. The molecule has 1 fully saturated rings. The van der Waals surface area contributed by atoms with Crippen molar-refractivity contribution in [2.75, 3.05) is 13.1 Å². The molecule has 6 heteroatoms. The van der Waals surface area contributed by atoms with Crippen LogP contribution in [0.2, 0.25) is 0 Å². The molecular formula is C19H19N3OS2. The second kappa shape index (κ2) is 7.47. The minimum absolute atomic E-state index is 0.0931. The number of hydrogen-bond acceptors (Lipinski definition) is 5. The summed E-state index contributed by atoms with van der Waals surface area (Å²) in [5.41, 5.74) is 2.26. The maximum Gasteiger partial charge on any atom is 0.221 e. The highest BCUT2D eigenvalue weighted by molar-refractivity contribution is 7.20. The zero-order valence-electron chi connectivity index (χ0n) is 13.7. The zero-order valence-corrected chi connectivity index (χ0v) is 15.4. The Hall–Kier alpha value is -2.02. The van der Waals surface area contributed by atoms with Crippen molar-refractivity contribution in [1.82, 2.24) is 15.2 Å². The Labute approximate surface area is 155 Å². The standard InChI is InChI=1S/C19H19N3OS2/c23-18-11-16(14-5-2-1-3-6-14)22(9-8-20-18)12-15-13-25-19(21-15)17-7-4-10-24-17/h1-7,10,13,16H,8-9,11-12H2,(H,20,23). The summed E-state index contributed by atoms with van der Waals surface area (Å²) in [4.78, 5) is 20.5. The Balaban J connectivity index is 1.57. The fraction of sp³-hybridized carbons (Fsp3) is 0.263. The Kier molecular flexibility index (Phi) is 4.92. The van der Waals surface area contributed by atoms with Crippen LogP contribution in [0.5, 0.6) is 0 Å². The molecule has 1 N–H and O–H groups in total. The molecule has 2 aromatic heterocycles. The van der Waals surface area contributed by atoms with E-state index in [0.717, 1.165) is 23.8 Å². The van der Waals surface area contributed by atoms with Crippen molar-refractivity contribution in [3.8, 4) is 9.88 Å². The quantitative estimate of drug-likeness (QED) is 0.758. The number of rotatable bonds is 4. The molecule has 0 saturated carbocycles. The van der Waals surface area contributed by atoms with Gasteiger partial charge in [0.1, 0.15) is 5.01 Å². The van der Waals surface area contributed by atoms with Gasteiger partial charge in [-0.05, 0) is 17.0 Å². The van der Waals surface area contributed by atoms with E-state index in [2.05, 4.69) is 45.2 Å². The van der Waals surface area contributed by atoms with E-state index < -0.39 is 0 Å². The van der Waals surface area contributed by atoms with Gasteiger partial charge in [-0.1, -0.05) is 36.4 Å². The summed E-state index contributed by atoms with van der Waals surface area (Å²) in [6.07, 6.45) is 0.492. The van der Waals surface area contributed by atoms with Crippen LogP contribution in [0.4, 0.5) is 0 Å². The van der Waals surface area contributed by atoms with Crippen molar-refractivity contribution in [3.05, 3.63) is 64.5 Å². The van der Waals surface area contributed by atoms with Crippen LogP contribution in [0.1, 0.15) is 23.7 Å². The van der Waals surface area contributed by atoms with E-state index in [9.17, 15) is 4.79 Å². The summed E-state index contributed by atoms with van der Waals surface area (Å²) >= 11 is 3.40. The Morgan fingerprint density at radius 2 is 2.04 bits per heavy atom. The van der Waals surface area contributed by atoms with Crippen LogP contribution in [0.25, 0.3) is 9.88 Å². The lowest BCUT2D eigenvalue weighted by atomic mass is 10.0. The van der Waals surface area contributed by atoms with Crippen molar-refractivity contribution in [3.63, 3.8) is 0 Å². The Morgan fingerprint density at radius 1 is 1.16 bits per heavy atom. The first-order valence-electron chi connectivity index (χ1n) is 8.33. The number of thiophene rings is 1. The summed E-state index contributed by atoms with van der Waals surface area (Å²) in [7, 11) is 0. The maximum absolute atomic E-state index is 12.1. The molecule has 0 radical (unpaired) electrons. The van der Waals surface area contributed by atoms with Gasteiger partial charge in [0, 0.05) is 37.5 Å². The highest BCUT2D eigenvalue weighted by Crippen LogP contribution is 2.31. The van der Waals surface area contributed by atoms with Crippen LogP contribution in [0.3, 0.4) is 0 Å². The monoisotopic (exact) mass is 369 g/mol. The number of aromatic nitrogens is 1. The summed E-state index contributed by atoms with van der Waals surface area (Å²) in [6, 6.07) is 14.5. The number of benzene rings is 1. The van der Waals surface area contributed by atoms with Crippen LogP contribution >= 0.6 is 22.7 Å². The first kappa shape index (κ1) is 16.4. The van der Waals surface area contributed by atoms with Gasteiger partial charge in [-0.25, -0.2) is 4.98 Å². The van der Waals surface area contributed by atoms with Gasteiger partial charge in [0.05, 0.1) is 10.6 Å². The number of thiazole rings is 1. The summed E-state index contributed by atoms with van der Waals surface area (Å²) in [5, 5.41) is 8.28. The van der Waals surface area contributed by atoms with Gasteiger partial charge in [0.15, 0.2) is 0 Å². The molecule has 1 aliphatic rings. The first-order chi connectivity index (χ1) is 12.3. The summed E-state index contributed by atoms with van der Waals surface area (Å²) in [5.74, 6) is 0.119. The van der Waals surface area contributed by atoms with E-state index in [1.165, 1.54) is 10.4 Å². The highest BCUT2D eigenvalue weighted by Gasteiger charge is 2.26. The van der Waals surface area contributed by atoms with Gasteiger partial charge >= 0.3 is 0 Å². The lowest BCUT2D eigenvalue weighted by Gasteiger charge is -2.28.